The predicted octanol–water partition coefficient (Wildman–Crippen LogP) is 2.22. The third kappa shape index (κ3) is 12.8. The fourth-order valence-corrected chi connectivity index (χ4v) is 4.95. The number of aliphatic hydroxyl groups is 1. The number of benzene rings is 2. The highest BCUT2D eigenvalue weighted by molar-refractivity contribution is 5.88. The Morgan fingerprint density at radius 3 is 1.73 bits per heavy atom. The van der Waals surface area contributed by atoms with E-state index in [0.29, 0.717) is 11.5 Å². The molecule has 49 heavy (non-hydrogen) atoms. The lowest BCUT2D eigenvalue weighted by molar-refractivity contribution is -0.131. The van der Waals surface area contributed by atoms with Crippen molar-refractivity contribution in [2.75, 3.05) is 49.0 Å². The molecule has 2 aromatic rings. The fourth-order valence-electron chi connectivity index (χ4n) is 4.95. The predicted molar refractivity (Wildman–Crippen MR) is 188 cm³/mol. The van der Waals surface area contributed by atoms with E-state index in [-0.39, 0.29) is 31.3 Å². The van der Waals surface area contributed by atoms with Gasteiger partial charge >= 0.3 is 12.1 Å². The maximum Gasteiger partial charge on any atom is 0.317 e. The highest BCUT2D eigenvalue weighted by atomic mass is 16.5. The first-order valence-electron chi connectivity index (χ1n) is 16.3. The van der Waals surface area contributed by atoms with Crippen LogP contribution in [0.5, 0.6) is 11.5 Å². The average Bonchev–Trinajstić information content (AvgIpc) is 3.05. The Bertz CT molecular complexity index is 1370. The SMILES string of the molecule is COc1ccc(CN(C[C@H](O)[C@H](Cc2ccccc2)NC(=O)[C@@H](NC(=O)N(C)C)C(C)C)NC(=O)[C@@H](NC(=O)N(C)C)C(C)C)cc1OC. The molecule has 0 saturated carbocycles. The molecule has 0 spiro atoms. The van der Waals surface area contributed by atoms with E-state index in [2.05, 4.69) is 21.4 Å². The minimum Gasteiger partial charge on any atom is -0.493 e. The molecule has 6 amide bonds. The van der Waals surface area contributed by atoms with Crippen molar-refractivity contribution in [2.45, 2.75) is 64.9 Å². The molecule has 14 heteroatoms. The third-order valence-electron chi connectivity index (χ3n) is 7.86. The van der Waals surface area contributed by atoms with Crippen LogP contribution in [0, 0.1) is 11.8 Å². The number of methoxy groups -OCH3 is 2. The number of nitrogens with zero attached hydrogens (tertiary/aromatic N) is 3. The minimum absolute atomic E-state index is 0.110. The molecule has 0 saturated heterocycles. The molecule has 14 nitrogen and oxygen atoms in total. The summed E-state index contributed by atoms with van der Waals surface area (Å²) in [5.41, 5.74) is 4.50. The number of carbonyl (C=O) groups is 4. The Kier molecular flexibility index (Phi) is 16.1. The number of hydrogen-bond acceptors (Lipinski definition) is 8. The second-order valence-corrected chi connectivity index (χ2v) is 13.0. The van der Waals surface area contributed by atoms with Gasteiger partial charge in [0, 0.05) is 41.3 Å². The van der Waals surface area contributed by atoms with Crippen LogP contribution < -0.4 is 30.8 Å². The average molecular weight is 686 g/mol. The molecule has 0 aliphatic carbocycles. The molecule has 4 atom stereocenters. The number of aliphatic hydroxyl groups excluding tert-OH is 1. The van der Waals surface area contributed by atoms with Gasteiger partial charge < -0.3 is 40.3 Å². The monoisotopic (exact) mass is 685 g/mol. The number of carbonyl (C=O) groups excluding carboxylic acids is 4. The lowest BCUT2D eigenvalue weighted by Gasteiger charge is -2.33. The summed E-state index contributed by atoms with van der Waals surface area (Å²) in [7, 11) is 9.40. The van der Waals surface area contributed by atoms with Gasteiger partial charge in [-0.25, -0.2) is 14.6 Å². The van der Waals surface area contributed by atoms with Crippen LogP contribution in [0.4, 0.5) is 9.59 Å². The van der Waals surface area contributed by atoms with Gasteiger partial charge in [-0.3, -0.25) is 15.0 Å². The van der Waals surface area contributed by atoms with Crippen molar-refractivity contribution in [1.29, 1.82) is 0 Å². The summed E-state index contributed by atoms with van der Waals surface area (Å²) in [6, 6.07) is 11.3. The standard InChI is InChI=1S/C35H55N7O7/c1-22(2)30(37-34(46)40(5)6)32(44)36-26(18-24-14-12-11-13-15-24)27(43)21-42(20-25-16-17-28(48-9)29(19-25)49-10)39-33(45)31(23(3)4)38-35(47)41(7)8/h11-17,19,22-23,26-27,30-31,43H,18,20-21H2,1-10H3,(H,36,44)(H,37,46)(H,38,47)(H,39,45)/t26-,27-,30-,31-/m0/s1. The van der Waals surface area contributed by atoms with E-state index in [4.69, 9.17) is 9.47 Å². The van der Waals surface area contributed by atoms with Crippen molar-refractivity contribution in [3.63, 3.8) is 0 Å². The van der Waals surface area contributed by atoms with Crippen molar-refractivity contribution >= 4 is 23.9 Å². The quantitative estimate of drug-likeness (QED) is 0.158. The Labute approximate surface area is 290 Å². The summed E-state index contributed by atoms with van der Waals surface area (Å²) in [5, 5.41) is 21.8. The molecule has 272 valence electrons. The Balaban J connectivity index is 2.47. The molecule has 0 bridgehead atoms. The zero-order chi connectivity index (χ0) is 36.8. The number of hydrazine groups is 1. The van der Waals surface area contributed by atoms with E-state index in [1.54, 1.807) is 45.3 Å². The Morgan fingerprint density at radius 1 is 0.714 bits per heavy atom. The van der Waals surface area contributed by atoms with Gasteiger partial charge in [0.15, 0.2) is 11.5 Å². The van der Waals surface area contributed by atoms with Crippen LogP contribution >= 0.6 is 0 Å². The molecular weight excluding hydrogens is 630 g/mol. The van der Waals surface area contributed by atoms with Gasteiger partial charge in [-0.2, -0.15) is 0 Å². The minimum atomic E-state index is -1.20. The third-order valence-corrected chi connectivity index (χ3v) is 7.86. The summed E-state index contributed by atoms with van der Waals surface area (Å²) in [4.78, 5) is 55.0. The number of hydrogen-bond donors (Lipinski definition) is 5. The van der Waals surface area contributed by atoms with Gasteiger partial charge in [-0.15, -0.1) is 0 Å². The summed E-state index contributed by atoms with van der Waals surface area (Å²) >= 11 is 0. The van der Waals surface area contributed by atoms with Gasteiger partial charge in [0.25, 0.3) is 5.91 Å². The number of nitrogens with one attached hydrogen (secondary N) is 4. The van der Waals surface area contributed by atoms with Crippen molar-refractivity contribution in [2.24, 2.45) is 11.8 Å². The van der Waals surface area contributed by atoms with Gasteiger partial charge in [-0.05, 0) is 41.5 Å². The molecule has 2 aromatic carbocycles. The summed E-state index contributed by atoms with van der Waals surface area (Å²) in [6.07, 6.45) is -0.929. The number of rotatable bonds is 17. The first-order valence-corrected chi connectivity index (χ1v) is 16.3. The van der Waals surface area contributed by atoms with Crippen LogP contribution in [-0.2, 0) is 22.6 Å². The lowest BCUT2D eigenvalue weighted by Crippen LogP contribution is -2.59. The molecule has 0 heterocycles. The zero-order valence-electron chi connectivity index (χ0n) is 30.4. The topological polar surface area (TPSA) is 165 Å². The second kappa shape index (κ2) is 19.4. The molecule has 0 aromatic heterocycles. The summed E-state index contributed by atoms with van der Waals surface area (Å²) < 4.78 is 10.9. The highest BCUT2D eigenvalue weighted by Gasteiger charge is 2.32. The first-order chi connectivity index (χ1) is 23.1. The maximum absolute atomic E-state index is 13.7. The largest absolute Gasteiger partial charge is 0.493 e. The van der Waals surface area contributed by atoms with Crippen molar-refractivity contribution in [3.05, 3.63) is 59.7 Å². The van der Waals surface area contributed by atoms with Crippen LogP contribution in [-0.4, -0.2) is 117 Å². The normalized spacial score (nSPS) is 13.6. The number of amides is 6. The maximum atomic E-state index is 13.7. The van der Waals surface area contributed by atoms with Crippen LogP contribution in [0.2, 0.25) is 0 Å². The van der Waals surface area contributed by atoms with Gasteiger partial charge in [0.05, 0.1) is 26.4 Å². The van der Waals surface area contributed by atoms with Crippen molar-refractivity contribution < 1.29 is 33.8 Å². The van der Waals surface area contributed by atoms with Crippen molar-refractivity contribution in [1.82, 2.24) is 36.2 Å². The summed E-state index contributed by atoms with van der Waals surface area (Å²) in [6.45, 7) is 7.31. The molecular formula is C35H55N7O7. The molecule has 2 rings (SSSR count). The van der Waals surface area contributed by atoms with Gasteiger partial charge in [0.1, 0.15) is 12.1 Å². The molecule has 0 fully saturated rings. The van der Waals surface area contributed by atoms with Crippen LogP contribution in [0.1, 0.15) is 38.8 Å². The Morgan fingerprint density at radius 2 is 1.24 bits per heavy atom. The Hall–Kier alpha value is -4.56. The van der Waals surface area contributed by atoms with E-state index < -0.39 is 48.1 Å². The molecule has 5 N–H and O–H groups in total. The van der Waals surface area contributed by atoms with E-state index in [1.165, 1.54) is 24.0 Å². The number of ether oxygens (including phenoxy) is 2. The van der Waals surface area contributed by atoms with Gasteiger partial charge in [0.2, 0.25) is 5.91 Å². The van der Waals surface area contributed by atoms with Gasteiger partial charge in [-0.1, -0.05) is 64.1 Å². The second-order valence-electron chi connectivity index (χ2n) is 13.0. The molecule has 0 aliphatic rings. The van der Waals surface area contributed by atoms with E-state index in [0.717, 1.165) is 11.1 Å². The van der Waals surface area contributed by atoms with Crippen LogP contribution in [0.25, 0.3) is 0 Å². The number of urea groups is 2. The van der Waals surface area contributed by atoms with Crippen LogP contribution in [0.15, 0.2) is 48.5 Å². The van der Waals surface area contributed by atoms with Crippen LogP contribution in [0.3, 0.4) is 0 Å². The zero-order valence-corrected chi connectivity index (χ0v) is 30.4. The molecule has 0 aliphatic heterocycles. The molecule has 0 radical (unpaired) electrons. The highest BCUT2D eigenvalue weighted by Crippen LogP contribution is 2.28. The van der Waals surface area contributed by atoms with Crippen molar-refractivity contribution in [3.8, 4) is 11.5 Å². The van der Waals surface area contributed by atoms with E-state index in [9.17, 15) is 24.3 Å². The smallest absolute Gasteiger partial charge is 0.317 e. The molecule has 0 unspecified atom stereocenters. The summed E-state index contributed by atoms with van der Waals surface area (Å²) in [5.74, 6) is -0.421. The first kappa shape index (κ1) is 40.6. The lowest BCUT2D eigenvalue weighted by atomic mass is 9.98. The fraction of sp³-hybridized carbons (Fsp3) is 0.543. The van der Waals surface area contributed by atoms with E-state index >= 15 is 0 Å². The van der Waals surface area contributed by atoms with E-state index in [1.807, 2.05) is 64.1 Å².